The fourth-order valence-corrected chi connectivity index (χ4v) is 1.65. The first-order valence-corrected chi connectivity index (χ1v) is 6.52. The van der Waals surface area contributed by atoms with Crippen molar-refractivity contribution >= 4 is 28.8 Å². The molecule has 0 saturated carbocycles. The maximum Gasteiger partial charge on any atom is 0.230 e. The van der Waals surface area contributed by atoms with Gasteiger partial charge in [-0.3, -0.25) is 4.79 Å². The Balaban J connectivity index is 3.19. The molecule has 0 aliphatic heterocycles. The molecule has 0 aromatic heterocycles. The Morgan fingerprint density at radius 3 is 2.58 bits per heavy atom. The van der Waals surface area contributed by atoms with E-state index in [1.54, 1.807) is 25.3 Å². The lowest BCUT2D eigenvalue weighted by atomic mass is 9.89. The van der Waals surface area contributed by atoms with Gasteiger partial charge < -0.3 is 15.8 Å². The summed E-state index contributed by atoms with van der Waals surface area (Å²) in [5.41, 5.74) is 6.35. The van der Waals surface area contributed by atoms with Crippen LogP contribution in [-0.2, 0) is 4.79 Å². The Bertz CT molecular complexity index is 498. The van der Waals surface area contributed by atoms with Crippen LogP contribution in [0.1, 0.15) is 32.8 Å². The third-order valence-corrected chi connectivity index (χ3v) is 3.47. The van der Waals surface area contributed by atoms with Gasteiger partial charge in [-0.15, -0.1) is 0 Å². The molecule has 0 atom stereocenters. The number of hydrogen-bond acceptors (Lipinski definition) is 3. The first kappa shape index (κ1) is 15.4. The van der Waals surface area contributed by atoms with Crippen LogP contribution in [0.15, 0.2) is 18.2 Å². The maximum atomic E-state index is 12.3. The molecule has 0 radical (unpaired) electrons. The average molecular weight is 280 g/mol. The van der Waals surface area contributed by atoms with Crippen molar-refractivity contribution in [3.8, 4) is 5.75 Å². The van der Waals surface area contributed by atoms with Crippen LogP contribution < -0.4 is 15.8 Å². The highest BCUT2D eigenvalue weighted by molar-refractivity contribution is 7.80. The molecule has 0 bridgehead atoms. The van der Waals surface area contributed by atoms with Crippen molar-refractivity contribution in [2.24, 2.45) is 11.1 Å². The fourth-order valence-electron chi connectivity index (χ4n) is 1.48. The lowest BCUT2D eigenvalue weighted by Gasteiger charge is -2.23. The molecule has 5 heteroatoms. The molecule has 0 aliphatic carbocycles. The van der Waals surface area contributed by atoms with E-state index in [4.69, 9.17) is 22.7 Å². The van der Waals surface area contributed by atoms with Gasteiger partial charge in [0.05, 0.1) is 12.8 Å². The summed E-state index contributed by atoms with van der Waals surface area (Å²) >= 11 is 5.00. The normalized spacial score (nSPS) is 10.9. The molecular formula is C14H20N2O2S. The molecule has 1 aromatic rings. The smallest absolute Gasteiger partial charge is 0.230 e. The number of rotatable bonds is 5. The third-order valence-electron chi connectivity index (χ3n) is 3.25. The van der Waals surface area contributed by atoms with Crippen LogP contribution in [0, 0.1) is 5.41 Å². The van der Waals surface area contributed by atoms with Gasteiger partial charge in [-0.25, -0.2) is 0 Å². The van der Waals surface area contributed by atoms with E-state index in [1.807, 2.05) is 20.8 Å². The number of benzene rings is 1. The summed E-state index contributed by atoms with van der Waals surface area (Å²) in [5, 5.41) is 2.87. The van der Waals surface area contributed by atoms with Gasteiger partial charge in [0.2, 0.25) is 5.91 Å². The Morgan fingerprint density at radius 1 is 1.47 bits per heavy atom. The molecule has 1 aromatic carbocycles. The number of nitrogens with one attached hydrogen (secondary N) is 1. The van der Waals surface area contributed by atoms with E-state index in [0.717, 1.165) is 6.42 Å². The molecule has 1 amide bonds. The topological polar surface area (TPSA) is 64.3 Å². The van der Waals surface area contributed by atoms with E-state index < -0.39 is 5.41 Å². The lowest BCUT2D eigenvalue weighted by Crippen LogP contribution is -2.31. The highest BCUT2D eigenvalue weighted by atomic mass is 32.1. The van der Waals surface area contributed by atoms with Crippen molar-refractivity contribution in [3.63, 3.8) is 0 Å². The monoisotopic (exact) mass is 280 g/mol. The minimum Gasteiger partial charge on any atom is -0.495 e. The Labute approximate surface area is 119 Å². The first-order chi connectivity index (χ1) is 8.83. The minimum atomic E-state index is -0.464. The number of nitrogens with two attached hydrogens (primary N) is 1. The molecule has 0 aliphatic rings. The summed E-state index contributed by atoms with van der Waals surface area (Å²) in [6.45, 7) is 5.74. The SMILES string of the molecule is CCC(C)(C)C(=O)Nc1c(OC)cccc1C(N)=S. The summed E-state index contributed by atoms with van der Waals surface area (Å²) < 4.78 is 5.25. The summed E-state index contributed by atoms with van der Waals surface area (Å²) in [6, 6.07) is 5.31. The van der Waals surface area contributed by atoms with Gasteiger partial charge in [-0.2, -0.15) is 0 Å². The zero-order valence-electron chi connectivity index (χ0n) is 11.7. The molecule has 0 spiro atoms. The van der Waals surface area contributed by atoms with E-state index in [0.29, 0.717) is 17.0 Å². The van der Waals surface area contributed by atoms with Crippen LogP contribution in [-0.4, -0.2) is 18.0 Å². The van der Waals surface area contributed by atoms with E-state index in [1.165, 1.54) is 0 Å². The number of anilines is 1. The molecule has 3 N–H and O–H groups in total. The fraction of sp³-hybridized carbons (Fsp3) is 0.429. The van der Waals surface area contributed by atoms with Crippen LogP contribution in [0.3, 0.4) is 0 Å². The highest BCUT2D eigenvalue weighted by Gasteiger charge is 2.27. The minimum absolute atomic E-state index is 0.0861. The van der Waals surface area contributed by atoms with Gasteiger partial charge in [-0.1, -0.05) is 39.1 Å². The molecule has 0 fully saturated rings. The molecule has 104 valence electrons. The summed E-state index contributed by atoms with van der Waals surface area (Å²) in [4.78, 5) is 12.5. The van der Waals surface area contributed by atoms with Gasteiger partial charge in [0, 0.05) is 11.0 Å². The van der Waals surface area contributed by atoms with Crippen LogP contribution >= 0.6 is 12.2 Å². The van der Waals surface area contributed by atoms with Crippen molar-refractivity contribution in [2.45, 2.75) is 27.2 Å². The Kier molecular flexibility index (Phi) is 4.89. The van der Waals surface area contributed by atoms with E-state index in [9.17, 15) is 4.79 Å². The molecule has 19 heavy (non-hydrogen) atoms. The second-order valence-electron chi connectivity index (χ2n) is 4.94. The van der Waals surface area contributed by atoms with Gasteiger partial charge >= 0.3 is 0 Å². The Hall–Kier alpha value is -1.62. The molecule has 0 heterocycles. The molecule has 0 saturated heterocycles. The van der Waals surface area contributed by atoms with Gasteiger partial charge in [0.15, 0.2) is 0 Å². The number of amides is 1. The van der Waals surface area contributed by atoms with Crippen LogP contribution in [0.2, 0.25) is 0 Å². The van der Waals surface area contributed by atoms with E-state index in [2.05, 4.69) is 5.32 Å². The number of carbonyl (C=O) groups is 1. The van der Waals surface area contributed by atoms with Crippen LogP contribution in [0.5, 0.6) is 5.75 Å². The zero-order chi connectivity index (χ0) is 14.6. The molecule has 4 nitrogen and oxygen atoms in total. The van der Waals surface area contributed by atoms with Gasteiger partial charge in [0.1, 0.15) is 10.7 Å². The highest BCUT2D eigenvalue weighted by Crippen LogP contribution is 2.31. The van der Waals surface area contributed by atoms with E-state index >= 15 is 0 Å². The summed E-state index contributed by atoms with van der Waals surface area (Å²) in [5.74, 6) is 0.461. The number of methoxy groups -OCH3 is 1. The average Bonchev–Trinajstić information content (AvgIpc) is 2.38. The molecular weight excluding hydrogens is 260 g/mol. The predicted octanol–water partition coefficient (Wildman–Crippen LogP) is 2.70. The second-order valence-corrected chi connectivity index (χ2v) is 5.38. The Morgan fingerprint density at radius 2 is 2.11 bits per heavy atom. The summed E-state index contributed by atoms with van der Waals surface area (Å²) in [6.07, 6.45) is 0.733. The van der Waals surface area contributed by atoms with Crippen LogP contribution in [0.4, 0.5) is 5.69 Å². The zero-order valence-corrected chi connectivity index (χ0v) is 12.6. The van der Waals surface area contributed by atoms with Crippen LogP contribution in [0.25, 0.3) is 0 Å². The first-order valence-electron chi connectivity index (χ1n) is 6.11. The van der Waals surface area contributed by atoms with Crippen molar-refractivity contribution in [1.29, 1.82) is 0 Å². The van der Waals surface area contributed by atoms with Crippen molar-refractivity contribution in [1.82, 2.24) is 0 Å². The quantitative estimate of drug-likeness (QED) is 0.814. The van der Waals surface area contributed by atoms with Gasteiger partial charge in [0.25, 0.3) is 0 Å². The van der Waals surface area contributed by atoms with Crippen molar-refractivity contribution < 1.29 is 9.53 Å². The number of hydrogen-bond donors (Lipinski definition) is 2. The maximum absolute atomic E-state index is 12.3. The van der Waals surface area contributed by atoms with Gasteiger partial charge in [-0.05, 0) is 18.6 Å². The number of thiocarbonyl (C=S) groups is 1. The predicted molar refractivity (Wildman–Crippen MR) is 81.6 cm³/mol. The second kappa shape index (κ2) is 6.02. The summed E-state index contributed by atoms with van der Waals surface area (Å²) in [7, 11) is 1.54. The molecule has 1 rings (SSSR count). The third kappa shape index (κ3) is 3.44. The number of ether oxygens (including phenoxy) is 1. The van der Waals surface area contributed by atoms with E-state index in [-0.39, 0.29) is 10.9 Å². The lowest BCUT2D eigenvalue weighted by molar-refractivity contribution is -0.124. The molecule has 0 unspecified atom stereocenters. The number of carbonyl (C=O) groups excluding carboxylic acids is 1. The van der Waals surface area contributed by atoms with Crippen molar-refractivity contribution in [3.05, 3.63) is 23.8 Å². The number of para-hydroxylation sites is 1. The standard InChI is InChI=1S/C14H20N2O2S/c1-5-14(2,3)13(17)16-11-9(12(15)19)7-6-8-10(11)18-4/h6-8H,5H2,1-4H3,(H2,15,19)(H,16,17). The van der Waals surface area contributed by atoms with Crippen molar-refractivity contribution in [2.75, 3.05) is 12.4 Å². The largest absolute Gasteiger partial charge is 0.495 e.